The van der Waals surface area contributed by atoms with Gasteiger partial charge >= 0.3 is 6.18 Å². The van der Waals surface area contributed by atoms with E-state index in [1.165, 1.54) is 6.33 Å². The molecule has 33 heavy (non-hydrogen) atoms. The highest BCUT2D eigenvalue weighted by Gasteiger charge is 2.44. The lowest BCUT2D eigenvalue weighted by molar-refractivity contribution is -0.379. The lowest BCUT2D eigenvalue weighted by atomic mass is 9.86. The van der Waals surface area contributed by atoms with E-state index in [2.05, 4.69) is 19.8 Å². The first-order valence-corrected chi connectivity index (χ1v) is 11.4. The molecular formula is C22H24F3N5O2S. The molecule has 1 aromatic carbocycles. The van der Waals surface area contributed by atoms with E-state index in [1.807, 2.05) is 23.4 Å². The van der Waals surface area contributed by atoms with E-state index in [9.17, 15) is 18.1 Å². The summed E-state index contributed by atoms with van der Waals surface area (Å²) in [5.74, 6) is 0.740. The molecule has 1 unspecified atom stereocenters. The van der Waals surface area contributed by atoms with Gasteiger partial charge in [-0.05, 0) is 31.0 Å². The summed E-state index contributed by atoms with van der Waals surface area (Å²) in [6.07, 6.45) is -1.62. The summed E-state index contributed by atoms with van der Waals surface area (Å²) in [6, 6.07) is 9.15. The van der Waals surface area contributed by atoms with Crippen LogP contribution in [0.3, 0.4) is 0 Å². The first-order chi connectivity index (χ1) is 15.3. The predicted molar refractivity (Wildman–Crippen MR) is 119 cm³/mol. The Hall–Kier alpha value is -2.63. The number of fused-ring (bicyclic) bond motifs is 1. The van der Waals surface area contributed by atoms with Crippen molar-refractivity contribution in [2.75, 3.05) is 31.1 Å². The van der Waals surface area contributed by atoms with Gasteiger partial charge in [-0.1, -0.05) is 12.1 Å². The maximum atomic E-state index is 12.8. The lowest BCUT2D eigenvalue weighted by Gasteiger charge is -2.25. The molecule has 0 radical (unpaired) electrons. The van der Waals surface area contributed by atoms with E-state index in [0.717, 1.165) is 68.3 Å². The van der Waals surface area contributed by atoms with Gasteiger partial charge in [0.2, 0.25) is 0 Å². The molecule has 7 nitrogen and oxygen atoms in total. The second kappa shape index (κ2) is 8.96. The van der Waals surface area contributed by atoms with Crippen LogP contribution >= 0.6 is 11.3 Å². The van der Waals surface area contributed by atoms with Crippen molar-refractivity contribution in [1.29, 1.82) is 0 Å². The molecule has 2 N–H and O–H groups in total. The van der Waals surface area contributed by atoms with Crippen LogP contribution in [0.4, 0.5) is 24.7 Å². The minimum atomic E-state index is -4.23. The van der Waals surface area contributed by atoms with Gasteiger partial charge in [0.25, 0.3) is 5.69 Å². The number of rotatable bonds is 5. The maximum absolute atomic E-state index is 12.8. The Morgan fingerprint density at radius 1 is 1.12 bits per heavy atom. The molecule has 2 saturated heterocycles. The summed E-state index contributed by atoms with van der Waals surface area (Å²) in [4.78, 5) is 25.1. The van der Waals surface area contributed by atoms with Gasteiger partial charge in [-0.15, -0.1) is 11.3 Å². The Balaban J connectivity index is 0.00000259. The molecule has 0 bridgehead atoms. The van der Waals surface area contributed by atoms with Crippen molar-refractivity contribution >= 4 is 33.1 Å². The minimum absolute atomic E-state index is 0. The third-order valence-corrected chi connectivity index (χ3v) is 7.48. The van der Waals surface area contributed by atoms with Crippen LogP contribution in [0, 0.1) is 10.3 Å². The average Bonchev–Trinajstić information content (AvgIpc) is 3.45. The minimum Gasteiger partial charge on any atom is -0.870 e. The van der Waals surface area contributed by atoms with Crippen LogP contribution in [0.15, 0.2) is 36.7 Å². The number of likely N-dealkylation sites (tertiary alicyclic amines) is 1. The van der Waals surface area contributed by atoms with Crippen LogP contribution in [0.1, 0.15) is 23.3 Å². The van der Waals surface area contributed by atoms with Crippen LogP contribution in [0.25, 0.3) is 10.2 Å². The van der Waals surface area contributed by atoms with Crippen molar-refractivity contribution < 1.29 is 23.8 Å². The molecular weight excluding hydrogens is 455 g/mol. The number of aromatic nitrogens is 2. The maximum Gasteiger partial charge on any atom is 0.393 e. The van der Waals surface area contributed by atoms with Gasteiger partial charge in [0.05, 0.1) is 11.8 Å². The summed E-state index contributed by atoms with van der Waals surface area (Å²) < 4.78 is 38.5. The van der Waals surface area contributed by atoms with Crippen LogP contribution in [0.5, 0.6) is 0 Å². The van der Waals surface area contributed by atoms with Crippen molar-refractivity contribution in [3.05, 3.63) is 52.0 Å². The number of hydrogen-bond acceptors (Lipinski definition) is 7. The number of nitrogens with one attached hydrogen (secondary N) is 1. The van der Waals surface area contributed by atoms with E-state index < -0.39 is 12.6 Å². The fourth-order valence-corrected chi connectivity index (χ4v) is 6.05. The number of anilines is 1. The fraction of sp³-hybridized carbons (Fsp3) is 0.455. The Kier molecular flexibility index (Phi) is 6.39. The van der Waals surface area contributed by atoms with E-state index in [1.54, 1.807) is 12.1 Å². The Morgan fingerprint density at radius 2 is 1.94 bits per heavy atom. The summed E-state index contributed by atoms with van der Waals surface area (Å²) >= 11 is 1.09. The molecule has 2 fully saturated rings. The number of thiophene rings is 1. The van der Waals surface area contributed by atoms with Crippen LogP contribution in [0.2, 0.25) is 0 Å². The molecule has 2 aliphatic heterocycles. The molecule has 2 aromatic heterocycles. The van der Waals surface area contributed by atoms with Gasteiger partial charge in [0.1, 0.15) is 17.0 Å². The average molecular weight is 480 g/mol. The van der Waals surface area contributed by atoms with Crippen molar-refractivity contribution in [3.8, 4) is 0 Å². The molecule has 1 atom stereocenters. The molecule has 0 saturated carbocycles. The standard InChI is InChI=1S/C22H22F3N5OS.H2O/c23-22(24,25)10-17-9-18-19(26-14-27-20(18)32-17)30-7-5-21(13-30)4-6-29(12-21)11-15-2-1-3-16(8-15)28-31;/h1-3,8-9,14H,4-7,10-13H2;1H2. The van der Waals surface area contributed by atoms with Gasteiger partial charge in [0, 0.05) is 58.7 Å². The van der Waals surface area contributed by atoms with Crippen LogP contribution < -0.4 is 10.1 Å². The first-order valence-electron chi connectivity index (χ1n) is 10.6. The monoisotopic (exact) mass is 479 g/mol. The number of benzene rings is 1. The molecule has 4 heterocycles. The van der Waals surface area contributed by atoms with Gasteiger partial charge in [-0.2, -0.15) is 13.2 Å². The number of alkyl halides is 3. The molecule has 2 aliphatic rings. The number of nitrogens with zero attached hydrogens (tertiary/aromatic N) is 4. The second-order valence-corrected chi connectivity index (χ2v) is 9.97. The first kappa shape index (κ1) is 23.5. The zero-order chi connectivity index (χ0) is 22.3. The third-order valence-electron chi connectivity index (χ3n) is 6.44. The van der Waals surface area contributed by atoms with E-state index in [4.69, 9.17) is 0 Å². The Labute approximate surface area is 192 Å². The molecule has 176 valence electrons. The number of hydrogen-bond donors (Lipinski definition) is 1. The smallest absolute Gasteiger partial charge is 0.393 e. The summed E-state index contributed by atoms with van der Waals surface area (Å²) in [6.45, 7) is 4.40. The van der Waals surface area contributed by atoms with Crippen LogP contribution in [-0.2, 0) is 13.0 Å². The Morgan fingerprint density at radius 3 is 2.73 bits per heavy atom. The van der Waals surface area contributed by atoms with E-state index in [-0.39, 0.29) is 15.8 Å². The molecule has 5 rings (SSSR count). The van der Waals surface area contributed by atoms with Gasteiger partial charge in [-0.3, -0.25) is 4.90 Å². The molecule has 11 heteroatoms. The third kappa shape index (κ3) is 4.99. The highest BCUT2D eigenvalue weighted by Crippen LogP contribution is 2.43. The zero-order valence-corrected chi connectivity index (χ0v) is 18.6. The highest BCUT2D eigenvalue weighted by molar-refractivity contribution is 7.18. The number of halogens is 3. The van der Waals surface area contributed by atoms with Crippen molar-refractivity contribution in [2.24, 2.45) is 5.41 Å². The molecule has 0 amide bonds. The van der Waals surface area contributed by atoms with Gasteiger partial charge < -0.3 is 10.4 Å². The summed E-state index contributed by atoms with van der Waals surface area (Å²) in [5, 5.41) is 2.66. The Bertz CT molecular complexity index is 1150. The van der Waals surface area contributed by atoms with Crippen molar-refractivity contribution in [2.45, 2.75) is 32.0 Å². The van der Waals surface area contributed by atoms with E-state index in [0.29, 0.717) is 15.9 Å². The lowest BCUT2D eigenvalue weighted by Crippen LogP contribution is -2.55. The molecule has 1 spiro atoms. The summed E-state index contributed by atoms with van der Waals surface area (Å²) in [5.41, 5.74) is 1.82. The quantitative estimate of drug-likeness (QED) is 0.604. The summed E-state index contributed by atoms with van der Waals surface area (Å²) in [7, 11) is 0. The predicted octanol–water partition coefficient (Wildman–Crippen LogP) is 3.20. The van der Waals surface area contributed by atoms with E-state index >= 15 is 0 Å². The largest absolute Gasteiger partial charge is 0.870 e. The normalized spacial score (nSPS) is 21.1. The molecule has 0 aliphatic carbocycles. The highest BCUT2D eigenvalue weighted by atomic mass is 32.1. The zero-order valence-electron chi connectivity index (χ0n) is 17.8. The van der Waals surface area contributed by atoms with Gasteiger partial charge in [0.15, 0.2) is 0 Å². The van der Waals surface area contributed by atoms with Crippen LogP contribution in [-0.4, -0.2) is 52.7 Å². The SMILES string of the molecule is O=[NH+]c1cccc(CN2CCC3(CCN(c4ncnc5sc(CC(F)(F)F)cc45)C3)C2)c1.[OH-]. The second-order valence-electron chi connectivity index (χ2n) is 8.86. The number of nitroso groups, excluding NO2 is 1. The van der Waals surface area contributed by atoms with Gasteiger partial charge in [-0.25, -0.2) is 9.97 Å². The van der Waals surface area contributed by atoms with Crippen molar-refractivity contribution in [1.82, 2.24) is 14.9 Å². The molecule has 3 aromatic rings. The topological polar surface area (TPSA) is 93.3 Å². The fourth-order valence-electron chi connectivity index (χ4n) is 5.03. The van der Waals surface area contributed by atoms with Crippen molar-refractivity contribution in [3.63, 3.8) is 0 Å².